The van der Waals surface area contributed by atoms with Crippen LogP contribution in [0.2, 0.25) is 0 Å². The molecule has 2 nitrogen and oxygen atoms in total. The van der Waals surface area contributed by atoms with Gasteiger partial charge >= 0.3 is 0 Å². The van der Waals surface area contributed by atoms with Gasteiger partial charge in [0.2, 0.25) is 0 Å². The summed E-state index contributed by atoms with van der Waals surface area (Å²) in [4.78, 5) is 2.34. The molecule has 0 saturated heterocycles. The third kappa shape index (κ3) is 5.93. The lowest BCUT2D eigenvalue weighted by Crippen LogP contribution is -2.23. The van der Waals surface area contributed by atoms with Gasteiger partial charge in [-0.3, -0.25) is 0 Å². The fraction of sp³-hybridized carbons (Fsp3) is 0.529. The molecular formula is C17H30N2. The van der Waals surface area contributed by atoms with E-state index in [2.05, 4.69) is 47.6 Å². The lowest BCUT2D eigenvalue weighted by atomic mass is 9.99. The SMILES string of the molecule is CC.CC.CNc1ccc(C2=CCN(C)CC2)cc1. The molecule has 2 heteroatoms. The maximum absolute atomic E-state index is 3.14. The quantitative estimate of drug-likeness (QED) is 0.844. The van der Waals surface area contributed by atoms with E-state index in [1.807, 2.05) is 34.7 Å². The van der Waals surface area contributed by atoms with Crippen molar-refractivity contribution in [3.8, 4) is 0 Å². The first kappa shape index (κ1) is 17.7. The highest BCUT2D eigenvalue weighted by Gasteiger charge is 2.08. The fourth-order valence-electron chi connectivity index (χ4n) is 1.88. The van der Waals surface area contributed by atoms with Gasteiger partial charge in [0.25, 0.3) is 0 Å². The molecule has 0 bridgehead atoms. The second-order valence-corrected chi connectivity index (χ2v) is 4.07. The van der Waals surface area contributed by atoms with Gasteiger partial charge in [-0.1, -0.05) is 45.9 Å². The molecule has 0 aliphatic carbocycles. The largest absolute Gasteiger partial charge is 0.388 e. The molecule has 0 radical (unpaired) electrons. The fourth-order valence-corrected chi connectivity index (χ4v) is 1.88. The zero-order valence-electron chi connectivity index (χ0n) is 13.5. The number of nitrogens with one attached hydrogen (secondary N) is 1. The van der Waals surface area contributed by atoms with E-state index in [1.54, 1.807) is 0 Å². The Morgan fingerprint density at radius 3 is 2.00 bits per heavy atom. The summed E-state index contributed by atoms with van der Waals surface area (Å²) < 4.78 is 0. The molecule has 1 aromatic carbocycles. The van der Waals surface area contributed by atoms with Crippen molar-refractivity contribution in [2.45, 2.75) is 34.1 Å². The van der Waals surface area contributed by atoms with Gasteiger partial charge in [0.05, 0.1) is 0 Å². The first-order valence-electron chi connectivity index (χ1n) is 7.45. The Hall–Kier alpha value is -1.28. The Morgan fingerprint density at radius 1 is 1.00 bits per heavy atom. The minimum Gasteiger partial charge on any atom is -0.388 e. The van der Waals surface area contributed by atoms with Crippen LogP contribution in [0.5, 0.6) is 0 Å². The van der Waals surface area contributed by atoms with Crippen molar-refractivity contribution >= 4 is 11.3 Å². The summed E-state index contributed by atoms with van der Waals surface area (Å²) >= 11 is 0. The normalized spacial score (nSPS) is 14.3. The third-order valence-corrected chi connectivity index (χ3v) is 2.96. The van der Waals surface area contributed by atoms with Crippen molar-refractivity contribution in [1.29, 1.82) is 0 Å². The van der Waals surface area contributed by atoms with Crippen LogP contribution in [0.25, 0.3) is 5.57 Å². The molecule has 1 aliphatic heterocycles. The maximum atomic E-state index is 3.14. The van der Waals surface area contributed by atoms with Crippen LogP contribution in [-0.2, 0) is 0 Å². The standard InChI is InChI=1S/C13H18N2.2C2H6/c1-14-13-5-3-11(4-6-13)12-7-9-15(2)10-8-12;2*1-2/h3-7,14H,8-10H2,1-2H3;2*1-2H3. The number of hydrogen-bond donors (Lipinski definition) is 1. The zero-order chi connectivity index (χ0) is 14.7. The maximum Gasteiger partial charge on any atom is 0.0337 e. The molecule has 0 unspecified atom stereocenters. The highest BCUT2D eigenvalue weighted by Crippen LogP contribution is 2.22. The van der Waals surface area contributed by atoms with Crippen LogP contribution >= 0.6 is 0 Å². The van der Waals surface area contributed by atoms with Crippen molar-refractivity contribution in [1.82, 2.24) is 4.90 Å². The van der Waals surface area contributed by atoms with Gasteiger partial charge in [-0.15, -0.1) is 0 Å². The Bertz CT molecular complexity index is 352. The molecule has 1 heterocycles. The van der Waals surface area contributed by atoms with Crippen LogP contribution in [0.4, 0.5) is 5.69 Å². The predicted octanol–water partition coefficient (Wildman–Crippen LogP) is 4.50. The first-order chi connectivity index (χ1) is 9.29. The monoisotopic (exact) mass is 262 g/mol. The predicted molar refractivity (Wildman–Crippen MR) is 88.8 cm³/mol. The second kappa shape index (κ2) is 10.6. The Labute approximate surface area is 119 Å². The number of nitrogens with zero attached hydrogens (tertiary/aromatic N) is 1. The van der Waals surface area contributed by atoms with Crippen LogP contribution in [0.1, 0.15) is 39.7 Å². The van der Waals surface area contributed by atoms with Crippen molar-refractivity contribution in [2.24, 2.45) is 0 Å². The summed E-state index contributed by atoms with van der Waals surface area (Å²) in [5, 5.41) is 3.14. The van der Waals surface area contributed by atoms with Crippen molar-refractivity contribution in [3.05, 3.63) is 35.9 Å². The van der Waals surface area contributed by atoms with Crippen LogP contribution < -0.4 is 5.32 Å². The highest BCUT2D eigenvalue weighted by atomic mass is 15.1. The van der Waals surface area contributed by atoms with E-state index in [9.17, 15) is 0 Å². The molecule has 0 spiro atoms. The van der Waals surface area contributed by atoms with E-state index in [-0.39, 0.29) is 0 Å². The molecule has 19 heavy (non-hydrogen) atoms. The Kier molecular flexibility index (Phi) is 9.91. The van der Waals surface area contributed by atoms with Crippen molar-refractivity contribution in [2.75, 3.05) is 32.5 Å². The number of anilines is 1. The minimum atomic E-state index is 1.07. The summed E-state index contributed by atoms with van der Waals surface area (Å²) in [5.41, 5.74) is 4.02. The molecule has 108 valence electrons. The molecule has 0 amide bonds. The van der Waals surface area contributed by atoms with E-state index in [1.165, 1.54) is 23.4 Å². The summed E-state index contributed by atoms with van der Waals surface area (Å²) in [6, 6.07) is 8.66. The summed E-state index contributed by atoms with van der Waals surface area (Å²) in [7, 11) is 4.11. The van der Waals surface area contributed by atoms with Gasteiger partial charge in [-0.2, -0.15) is 0 Å². The molecule has 0 saturated carbocycles. The Balaban J connectivity index is 0.000000741. The molecular weight excluding hydrogens is 232 g/mol. The van der Waals surface area contributed by atoms with Crippen LogP contribution in [0.3, 0.4) is 0 Å². The average molecular weight is 262 g/mol. The van der Waals surface area contributed by atoms with Crippen LogP contribution in [-0.4, -0.2) is 32.1 Å². The molecule has 0 aromatic heterocycles. The number of rotatable bonds is 2. The van der Waals surface area contributed by atoms with Gasteiger partial charge in [0, 0.05) is 25.8 Å². The van der Waals surface area contributed by atoms with E-state index in [4.69, 9.17) is 0 Å². The van der Waals surface area contributed by atoms with E-state index >= 15 is 0 Å². The van der Waals surface area contributed by atoms with Gasteiger partial charge in [0.15, 0.2) is 0 Å². The van der Waals surface area contributed by atoms with Gasteiger partial charge in [-0.25, -0.2) is 0 Å². The van der Waals surface area contributed by atoms with Crippen molar-refractivity contribution < 1.29 is 0 Å². The van der Waals surface area contributed by atoms with Crippen LogP contribution in [0, 0.1) is 0 Å². The minimum absolute atomic E-state index is 1.07. The summed E-state index contributed by atoms with van der Waals surface area (Å²) in [6.07, 6.45) is 3.49. The summed E-state index contributed by atoms with van der Waals surface area (Å²) in [5.74, 6) is 0. The lowest BCUT2D eigenvalue weighted by Gasteiger charge is -2.22. The molecule has 2 rings (SSSR count). The van der Waals surface area contributed by atoms with Gasteiger partial charge < -0.3 is 10.2 Å². The average Bonchev–Trinajstić information content (AvgIpc) is 2.52. The Morgan fingerprint density at radius 2 is 1.58 bits per heavy atom. The van der Waals surface area contributed by atoms with E-state index in [0.717, 1.165) is 13.0 Å². The van der Waals surface area contributed by atoms with Gasteiger partial charge in [0.1, 0.15) is 0 Å². The number of benzene rings is 1. The van der Waals surface area contributed by atoms with E-state index in [0.29, 0.717) is 0 Å². The van der Waals surface area contributed by atoms with Crippen LogP contribution in [0.15, 0.2) is 30.3 Å². The molecule has 1 aliphatic rings. The van der Waals surface area contributed by atoms with Gasteiger partial charge in [-0.05, 0) is 36.7 Å². The molecule has 1 N–H and O–H groups in total. The topological polar surface area (TPSA) is 15.3 Å². The summed E-state index contributed by atoms with van der Waals surface area (Å²) in [6.45, 7) is 10.2. The second-order valence-electron chi connectivity index (χ2n) is 4.07. The first-order valence-corrected chi connectivity index (χ1v) is 7.45. The van der Waals surface area contributed by atoms with E-state index < -0.39 is 0 Å². The number of likely N-dealkylation sites (N-methyl/N-ethyl adjacent to an activating group) is 1. The lowest BCUT2D eigenvalue weighted by molar-refractivity contribution is 0.370. The third-order valence-electron chi connectivity index (χ3n) is 2.96. The van der Waals surface area contributed by atoms with Crippen molar-refractivity contribution in [3.63, 3.8) is 0 Å². The zero-order valence-corrected chi connectivity index (χ0v) is 13.5. The molecule has 0 fully saturated rings. The molecule has 1 aromatic rings. The smallest absolute Gasteiger partial charge is 0.0337 e. The molecule has 0 atom stereocenters. The number of hydrogen-bond acceptors (Lipinski definition) is 2. The highest BCUT2D eigenvalue weighted by molar-refractivity contribution is 5.68.